The van der Waals surface area contributed by atoms with Crippen LogP contribution >= 0.6 is 58.2 Å². The molecule has 0 spiro atoms. The van der Waals surface area contributed by atoms with E-state index in [-0.39, 0.29) is 32.0 Å². The van der Waals surface area contributed by atoms with Gasteiger partial charge in [-0.25, -0.2) is 4.79 Å². The first kappa shape index (κ1) is 31.2. The van der Waals surface area contributed by atoms with E-state index in [1.807, 2.05) is 6.07 Å². The highest BCUT2D eigenvalue weighted by atomic mass is 35.5. The second-order valence-corrected chi connectivity index (χ2v) is 11.3. The maximum Gasteiger partial charge on any atom is 0.338 e. The lowest BCUT2D eigenvalue weighted by atomic mass is 10.1. The summed E-state index contributed by atoms with van der Waals surface area (Å²) in [5.41, 5.74) is 5.78. The number of carboxylic acids is 1. The first-order valence-electron chi connectivity index (χ1n) is 11.9. The molecular weight excluding hydrogens is 644 g/mol. The molecule has 4 rings (SSSR count). The van der Waals surface area contributed by atoms with Gasteiger partial charge in [0.1, 0.15) is 5.25 Å². The molecule has 0 fully saturated rings. The molecule has 214 valence electrons. The Hall–Kier alpha value is -3.73. The normalized spacial score (nSPS) is 11.4. The molecule has 5 N–H and O–H groups in total. The minimum Gasteiger partial charge on any atom is -0.478 e. The summed E-state index contributed by atoms with van der Waals surface area (Å²) in [4.78, 5) is 51.0. The Labute approximate surface area is 264 Å². The van der Waals surface area contributed by atoms with E-state index in [0.717, 1.165) is 0 Å². The Balaban J connectivity index is 1.64. The number of carbonyl (C=O) groups excluding carboxylic acids is 3. The number of primary amides is 1. The van der Waals surface area contributed by atoms with E-state index in [1.165, 1.54) is 17.8 Å². The predicted molar refractivity (Wildman–Crippen MR) is 166 cm³/mol. The molecule has 42 heavy (non-hydrogen) atoms. The highest BCUT2D eigenvalue weighted by molar-refractivity contribution is 8.00. The smallest absolute Gasteiger partial charge is 0.338 e. The number of aromatic carboxylic acids is 1. The van der Waals surface area contributed by atoms with E-state index < -0.39 is 45.1 Å². The number of hydrogen-bond donors (Lipinski definition) is 4. The Morgan fingerprint density at radius 3 is 2.00 bits per heavy atom. The van der Waals surface area contributed by atoms with Crippen LogP contribution in [-0.2, 0) is 4.79 Å². The molecule has 0 saturated carbocycles. The van der Waals surface area contributed by atoms with E-state index >= 15 is 0 Å². The van der Waals surface area contributed by atoms with Crippen LogP contribution in [-0.4, -0.2) is 28.8 Å². The third kappa shape index (κ3) is 6.83. The van der Waals surface area contributed by atoms with Gasteiger partial charge in [-0.2, -0.15) is 0 Å². The Morgan fingerprint density at radius 2 is 1.36 bits per heavy atom. The zero-order valence-electron chi connectivity index (χ0n) is 21.2. The van der Waals surface area contributed by atoms with Crippen LogP contribution in [0.2, 0.25) is 20.1 Å². The third-order valence-electron chi connectivity index (χ3n) is 5.84. The van der Waals surface area contributed by atoms with Crippen molar-refractivity contribution in [2.24, 2.45) is 5.73 Å². The molecular formula is C29H19Cl4N3O5S. The summed E-state index contributed by atoms with van der Waals surface area (Å²) in [5, 5.41) is 12.9. The second kappa shape index (κ2) is 13.5. The van der Waals surface area contributed by atoms with Crippen molar-refractivity contribution in [2.75, 3.05) is 10.6 Å². The fraction of sp³-hybridized carbons (Fsp3) is 0.0345. The molecule has 1 unspecified atom stereocenters. The number of carboxylic acid groups (broad SMARTS) is 1. The van der Waals surface area contributed by atoms with Gasteiger partial charge in [0.2, 0.25) is 5.91 Å². The summed E-state index contributed by atoms with van der Waals surface area (Å²) in [6, 6.07) is 21.9. The van der Waals surface area contributed by atoms with Gasteiger partial charge in [0.05, 0.1) is 42.5 Å². The van der Waals surface area contributed by atoms with Crippen molar-refractivity contribution in [3.8, 4) is 0 Å². The first-order chi connectivity index (χ1) is 20.0. The molecule has 1 atom stereocenters. The zero-order valence-corrected chi connectivity index (χ0v) is 25.0. The molecule has 0 aliphatic carbocycles. The van der Waals surface area contributed by atoms with E-state index in [2.05, 4.69) is 10.6 Å². The monoisotopic (exact) mass is 661 g/mol. The number of amides is 3. The number of carbonyl (C=O) groups is 4. The van der Waals surface area contributed by atoms with Crippen molar-refractivity contribution in [2.45, 2.75) is 10.1 Å². The molecule has 0 radical (unpaired) electrons. The van der Waals surface area contributed by atoms with Crippen molar-refractivity contribution in [3.05, 3.63) is 121 Å². The standard InChI is InChI=1S/C29H19Cl4N3O5S/c30-21-19(20(29(40)41)22(31)24(33)23(21)32)27(38)35-15-9-6-10-16(13-15)42-25(14-7-2-1-3-8-14)28(39)36-18-12-5-4-11-17(18)26(34)37/h1-13,25H,(H2,34,37)(H,35,38)(H,36,39)(H,40,41). The minimum absolute atomic E-state index is 0.161. The van der Waals surface area contributed by atoms with E-state index in [4.69, 9.17) is 52.1 Å². The van der Waals surface area contributed by atoms with Gasteiger partial charge in [-0.3, -0.25) is 14.4 Å². The van der Waals surface area contributed by atoms with Crippen LogP contribution in [0, 0.1) is 0 Å². The molecule has 3 amide bonds. The Bertz CT molecular complexity index is 1720. The van der Waals surface area contributed by atoms with Crippen LogP contribution in [0.3, 0.4) is 0 Å². The maximum atomic E-state index is 13.5. The fourth-order valence-corrected chi connectivity index (χ4v) is 6.03. The number of para-hydroxylation sites is 1. The van der Waals surface area contributed by atoms with Gasteiger partial charge in [-0.1, -0.05) is 94.9 Å². The summed E-state index contributed by atoms with van der Waals surface area (Å²) in [5.74, 6) is -3.52. The van der Waals surface area contributed by atoms with Gasteiger partial charge < -0.3 is 21.5 Å². The SMILES string of the molecule is NC(=O)c1ccccc1NC(=O)C(Sc1cccc(NC(=O)c2c(Cl)c(Cl)c(Cl)c(Cl)c2C(=O)O)c1)c1ccccc1. The number of nitrogens with two attached hydrogens (primary N) is 1. The molecule has 0 bridgehead atoms. The average Bonchev–Trinajstić information content (AvgIpc) is 2.97. The number of nitrogens with one attached hydrogen (secondary N) is 2. The molecule has 0 heterocycles. The van der Waals surface area contributed by atoms with E-state index in [9.17, 15) is 24.3 Å². The van der Waals surface area contributed by atoms with Gasteiger partial charge in [0, 0.05) is 10.6 Å². The first-order valence-corrected chi connectivity index (χ1v) is 14.3. The van der Waals surface area contributed by atoms with Crippen molar-refractivity contribution in [3.63, 3.8) is 0 Å². The lowest BCUT2D eigenvalue weighted by Gasteiger charge is -2.19. The Morgan fingerprint density at radius 1 is 0.738 bits per heavy atom. The fourth-order valence-electron chi connectivity index (χ4n) is 3.93. The van der Waals surface area contributed by atoms with Crippen molar-refractivity contribution in [1.29, 1.82) is 0 Å². The summed E-state index contributed by atoms with van der Waals surface area (Å²) in [7, 11) is 0. The third-order valence-corrected chi connectivity index (χ3v) is 8.89. The lowest BCUT2D eigenvalue weighted by molar-refractivity contribution is -0.115. The number of anilines is 2. The van der Waals surface area contributed by atoms with Crippen molar-refractivity contribution < 1.29 is 24.3 Å². The molecule has 8 nitrogen and oxygen atoms in total. The molecule has 13 heteroatoms. The summed E-state index contributed by atoms with van der Waals surface area (Å²) >= 11 is 25.5. The maximum absolute atomic E-state index is 13.5. The average molecular weight is 663 g/mol. The van der Waals surface area contributed by atoms with Crippen LogP contribution in [0.1, 0.15) is 41.9 Å². The van der Waals surface area contributed by atoms with Gasteiger partial charge in [0.15, 0.2) is 0 Å². The second-order valence-electron chi connectivity index (χ2n) is 8.60. The Kier molecular flexibility index (Phi) is 10.0. The number of halogens is 4. The van der Waals surface area contributed by atoms with E-state index in [1.54, 1.807) is 66.7 Å². The molecule has 0 aliphatic heterocycles. The summed E-state index contributed by atoms with van der Waals surface area (Å²) in [6.45, 7) is 0. The van der Waals surface area contributed by atoms with Crippen LogP contribution in [0.15, 0.2) is 83.8 Å². The van der Waals surface area contributed by atoms with Crippen LogP contribution < -0.4 is 16.4 Å². The summed E-state index contributed by atoms with van der Waals surface area (Å²) < 4.78 is 0. The predicted octanol–water partition coefficient (Wildman–Crippen LogP) is 7.82. The van der Waals surface area contributed by atoms with Crippen molar-refractivity contribution in [1.82, 2.24) is 0 Å². The van der Waals surface area contributed by atoms with Gasteiger partial charge >= 0.3 is 5.97 Å². The van der Waals surface area contributed by atoms with Gasteiger partial charge in [-0.15, -0.1) is 11.8 Å². The van der Waals surface area contributed by atoms with Crippen molar-refractivity contribution >= 4 is 93.2 Å². The molecule has 4 aromatic rings. The highest BCUT2D eigenvalue weighted by Crippen LogP contribution is 2.42. The number of rotatable bonds is 9. The molecule has 0 aliphatic rings. The van der Waals surface area contributed by atoms with Gasteiger partial charge in [-0.05, 0) is 35.9 Å². The highest BCUT2D eigenvalue weighted by Gasteiger charge is 2.29. The number of hydrogen-bond acceptors (Lipinski definition) is 5. The molecule has 0 aromatic heterocycles. The number of benzene rings is 4. The topological polar surface area (TPSA) is 139 Å². The van der Waals surface area contributed by atoms with Crippen LogP contribution in [0.4, 0.5) is 11.4 Å². The lowest BCUT2D eigenvalue weighted by Crippen LogP contribution is -2.22. The summed E-state index contributed by atoms with van der Waals surface area (Å²) in [6.07, 6.45) is 0. The largest absolute Gasteiger partial charge is 0.478 e. The molecule has 0 saturated heterocycles. The van der Waals surface area contributed by atoms with E-state index in [0.29, 0.717) is 10.5 Å². The minimum atomic E-state index is -1.52. The van der Waals surface area contributed by atoms with Crippen LogP contribution in [0.25, 0.3) is 0 Å². The van der Waals surface area contributed by atoms with Gasteiger partial charge in [0.25, 0.3) is 11.8 Å². The zero-order chi connectivity index (χ0) is 30.6. The van der Waals surface area contributed by atoms with Crippen LogP contribution in [0.5, 0.6) is 0 Å². The molecule has 4 aromatic carbocycles. The number of thioether (sulfide) groups is 1. The quantitative estimate of drug-likeness (QED) is 0.0819.